The fourth-order valence-corrected chi connectivity index (χ4v) is 7.34. The van der Waals surface area contributed by atoms with E-state index in [0.717, 1.165) is 65.2 Å². The van der Waals surface area contributed by atoms with Crippen molar-refractivity contribution in [2.45, 2.75) is 69.0 Å². The number of amides is 2. The summed E-state index contributed by atoms with van der Waals surface area (Å²) in [4.78, 5) is 30.1. The molecule has 7 nitrogen and oxygen atoms in total. The van der Waals surface area contributed by atoms with Crippen LogP contribution in [0.2, 0.25) is 0 Å². The fraction of sp³-hybridized carbons (Fsp3) is 0.297. The highest BCUT2D eigenvalue weighted by Gasteiger charge is 2.35. The molecule has 0 heterocycles. The van der Waals surface area contributed by atoms with Gasteiger partial charge < -0.3 is 10.2 Å². The zero-order valence-electron chi connectivity index (χ0n) is 26.0. The molecular weight excluding hydrogens is 601 g/mol. The van der Waals surface area contributed by atoms with Gasteiger partial charge in [-0.05, 0) is 72.9 Å². The van der Waals surface area contributed by atoms with E-state index in [0.29, 0.717) is 0 Å². The van der Waals surface area contributed by atoms with Gasteiger partial charge in [0.1, 0.15) is 18.4 Å². The maximum absolute atomic E-state index is 14.6. The van der Waals surface area contributed by atoms with Gasteiger partial charge in [-0.3, -0.25) is 13.9 Å². The van der Waals surface area contributed by atoms with Crippen LogP contribution >= 0.6 is 0 Å². The minimum absolute atomic E-state index is 0.0228. The molecule has 0 spiro atoms. The highest BCUT2D eigenvalue weighted by atomic mass is 32.2. The summed E-state index contributed by atoms with van der Waals surface area (Å²) in [6.45, 7) is 1.50. The van der Waals surface area contributed by atoms with Crippen LogP contribution in [0.1, 0.15) is 48.8 Å². The Bertz CT molecular complexity index is 1710. The highest BCUT2D eigenvalue weighted by Crippen LogP contribution is 2.26. The third-order valence-corrected chi connectivity index (χ3v) is 10.3. The monoisotopic (exact) mass is 641 g/mol. The Morgan fingerprint density at radius 2 is 1.43 bits per heavy atom. The molecule has 2 amide bonds. The van der Waals surface area contributed by atoms with Crippen molar-refractivity contribution in [3.05, 3.63) is 132 Å². The molecule has 0 aliphatic heterocycles. The van der Waals surface area contributed by atoms with Crippen molar-refractivity contribution >= 4 is 27.5 Å². The number of nitrogens with zero attached hydrogens (tertiary/aromatic N) is 2. The van der Waals surface area contributed by atoms with Gasteiger partial charge in [-0.25, -0.2) is 12.8 Å². The number of carbonyl (C=O) groups excluding carboxylic acids is 2. The van der Waals surface area contributed by atoms with Crippen molar-refractivity contribution in [1.29, 1.82) is 0 Å². The first kappa shape index (κ1) is 32.9. The third-order valence-electron chi connectivity index (χ3n) is 8.55. The van der Waals surface area contributed by atoms with Gasteiger partial charge in [0, 0.05) is 19.0 Å². The zero-order valence-corrected chi connectivity index (χ0v) is 26.8. The fourth-order valence-electron chi connectivity index (χ4n) is 5.93. The normalized spacial score (nSPS) is 14.3. The van der Waals surface area contributed by atoms with Crippen LogP contribution in [-0.4, -0.2) is 43.8 Å². The highest BCUT2D eigenvalue weighted by molar-refractivity contribution is 7.92. The molecule has 1 aliphatic rings. The Kier molecular flexibility index (Phi) is 10.9. The molecule has 5 rings (SSSR count). The van der Waals surface area contributed by atoms with Crippen molar-refractivity contribution in [2.75, 3.05) is 10.8 Å². The first-order valence-electron chi connectivity index (χ1n) is 15.7. The molecule has 1 N–H and O–H groups in total. The molecule has 9 heteroatoms. The number of anilines is 1. The van der Waals surface area contributed by atoms with Gasteiger partial charge in [0.25, 0.3) is 10.0 Å². The summed E-state index contributed by atoms with van der Waals surface area (Å²) in [6, 6.07) is 29.2. The summed E-state index contributed by atoms with van der Waals surface area (Å²) in [5.41, 5.74) is 2.97. The number of nitrogens with one attached hydrogen (secondary N) is 1. The molecule has 1 fully saturated rings. The lowest BCUT2D eigenvalue weighted by Crippen LogP contribution is -2.55. The molecular formula is C37H40FN3O4S. The summed E-state index contributed by atoms with van der Waals surface area (Å²) in [6.07, 6.45) is 5.23. The number of carbonyl (C=O) groups is 2. The van der Waals surface area contributed by atoms with E-state index in [2.05, 4.69) is 5.32 Å². The molecule has 0 aromatic heterocycles. The molecule has 1 aliphatic carbocycles. The second kappa shape index (κ2) is 15.2. The minimum Gasteiger partial charge on any atom is -0.352 e. The Balaban J connectivity index is 1.55. The number of para-hydroxylation sites is 1. The van der Waals surface area contributed by atoms with Crippen molar-refractivity contribution in [3.63, 3.8) is 0 Å². The van der Waals surface area contributed by atoms with Crippen molar-refractivity contribution in [3.8, 4) is 0 Å². The maximum Gasteiger partial charge on any atom is 0.264 e. The quantitative estimate of drug-likeness (QED) is 0.194. The van der Waals surface area contributed by atoms with Gasteiger partial charge in [0.15, 0.2) is 0 Å². The largest absolute Gasteiger partial charge is 0.352 e. The Labute approximate surface area is 271 Å². The number of benzene rings is 4. The first-order valence-corrected chi connectivity index (χ1v) is 17.2. The van der Waals surface area contributed by atoms with Gasteiger partial charge in [-0.2, -0.15) is 0 Å². The number of sulfonamides is 1. The maximum atomic E-state index is 14.6. The van der Waals surface area contributed by atoms with Crippen LogP contribution in [0.4, 0.5) is 10.1 Å². The predicted molar refractivity (Wildman–Crippen MR) is 178 cm³/mol. The van der Waals surface area contributed by atoms with Crippen LogP contribution in [0.25, 0.3) is 0 Å². The lowest BCUT2D eigenvalue weighted by atomic mass is 9.94. The van der Waals surface area contributed by atoms with E-state index < -0.39 is 34.3 Å². The SMILES string of the molecule is Cc1ccccc1CN(C(=O)CN(c1ccccc1)S(=O)(=O)c1ccc(F)cc1)C(Cc1ccccc1)C(=O)NC1CCCCC1. The lowest BCUT2D eigenvalue weighted by molar-refractivity contribution is -0.140. The molecule has 4 aromatic carbocycles. The second-order valence-electron chi connectivity index (χ2n) is 11.8. The number of hydrogen-bond donors (Lipinski definition) is 1. The van der Waals surface area contributed by atoms with Gasteiger partial charge in [-0.15, -0.1) is 0 Å². The van der Waals surface area contributed by atoms with E-state index in [-0.39, 0.29) is 35.5 Å². The van der Waals surface area contributed by atoms with Crippen molar-refractivity contribution < 1.29 is 22.4 Å². The van der Waals surface area contributed by atoms with Crippen molar-refractivity contribution in [2.24, 2.45) is 0 Å². The van der Waals surface area contributed by atoms with E-state index in [4.69, 9.17) is 0 Å². The summed E-state index contributed by atoms with van der Waals surface area (Å²) >= 11 is 0. The molecule has 4 aromatic rings. The summed E-state index contributed by atoms with van der Waals surface area (Å²) < 4.78 is 42.8. The number of rotatable bonds is 12. The van der Waals surface area contributed by atoms with Crippen LogP contribution in [0, 0.1) is 12.7 Å². The zero-order chi connectivity index (χ0) is 32.5. The minimum atomic E-state index is -4.29. The summed E-state index contributed by atoms with van der Waals surface area (Å²) in [5, 5.41) is 3.22. The number of halogens is 1. The number of hydrogen-bond acceptors (Lipinski definition) is 4. The Morgan fingerprint density at radius 3 is 2.09 bits per heavy atom. The molecule has 1 unspecified atom stereocenters. The van der Waals surface area contributed by atoms with Crippen LogP contribution in [0.5, 0.6) is 0 Å². The summed E-state index contributed by atoms with van der Waals surface area (Å²) in [5.74, 6) is -1.36. The van der Waals surface area contributed by atoms with E-state index >= 15 is 0 Å². The second-order valence-corrected chi connectivity index (χ2v) is 13.7. The van der Waals surface area contributed by atoms with Crippen LogP contribution in [0.3, 0.4) is 0 Å². The van der Waals surface area contributed by atoms with E-state index in [1.54, 1.807) is 30.3 Å². The third kappa shape index (κ3) is 8.20. The molecule has 240 valence electrons. The molecule has 46 heavy (non-hydrogen) atoms. The average molecular weight is 642 g/mol. The van der Waals surface area contributed by atoms with Crippen LogP contribution in [0.15, 0.2) is 114 Å². The van der Waals surface area contributed by atoms with E-state index in [9.17, 15) is 22.4 Å². The average Bonchev–Trinajstić information content (AvgIpc) is 3.07. The standard InChI is InChI=1S/C37H40FN3O4S/c1-28-13-11-12-16-30(28)26-40(35(25-29-14-5-2-6-15-29)37(43)39-32-17-7-3-8-18-32)36(42)27-41(33-19-9-4-10-20-33)46(44,45)34-23-21-31(38)22-24-34/h2,4-6,9-16,19-24,32,35H,3,7-8,17-18,25-27H2,1H3,(H,39,43). The van der Waals surface area contributed by atoms with Crippen LogP contribution < -0.4 is 9.62 Å². The molecule has 1 saturated carbocycles. The smallest absolute Gasteiger partial charge is 0.264 e. The van der Waals surface area contributed by atoms with Gasteiger partial charge in [0.05, 0.1) is 10.6 Å². The van der Waals surface area contributed by atoms with Crippen molar-refractivity contribution in [1.82, 2.24) is 10.2 Å². The van der Waals surface area contributed by atoms with Gasteiger partial charge in [-0.1, -0.05) is 92.1 Å². The topological polar surface area (TPSA) is 86.8 Å². The predicted octanol–water partition coefficient (Wildman–Crippen LogP) is 6.42. The van der Waals surface area contributed by atoms with Crippen LogP contribution in [-0.2, 0) is 32.6 Å². The van der Waals surface area contributed by atoms with Gasteiger partial charge >= 0.3 is 0 Å². The molecule has 0 saturated heterocycles. The van der Waals surface area contributed by atoms with Gasteiger partial charge in [0.2, 0.25) is 11.8 Å². The molecule has 1 atom stereocenters. The molecule has 0 radical (unpaired) electrons. The lowest BCUT2D eigenvalue weighted by Gasteiger charge is -2.35. The first-order chi connectivity index (χ1) is 22.2. The number of aryl methyl sites for hydroxylation is 1. The van der Waals surface area contributed by atoms with E-state index in [1.807, 2.05) is 61.5 Å². The summed E-state index contributed by atoms with van der Waals surface area (Å²) in [7, 11) is -4.29. The molecule has 0 bridgehead atoms. The Morgan fingerprint density at radius 1 is 0.826 bits per heavy atom. The Hall–Kier alpha value is -4.50. The van der Waals surface area contributed by atoms with E-state index in [1.165, 1.54) is 17.0 Å².